The SMILES string of the molecule is O=C(c1ccc2nccn2c1)N1C[C@@H]2CCC[C@@]2(C(=O)O)C1. The number of carbonyl (C=O) groups is 2. The van der Waals surface area contributed by atoms with Crippen molar-refractivity contribution in [2.45, 2.75) is 19.3 Å². The third-order valence-electron chi connectivity index (χ3n) is 5.22. The molecule has 0 spiro atoms. The second kappa shape index (κ2) is 4.56. The lowest BCUT2D eigenvalue weighted by atomic mass is 9.81. The fourth-order valence-electron chi connectivity index (χ4n) is 4.02. The molecule has 22 heavy (non-hydrogen) atoms. The van der Waals surface area contributed by atoms with Crippen molar-refractivity contribution >= 4 is 17.5 Å². The number of likely N-dealkylation sites (tertiary alicyclic amines) is 1. The number of carbonyl (C=O) groups excluding carboxylic acids is 1. The van der Waals surface area contributed by atoms with Crippen LogP contribution in [-0.2, 0) is 4.79 Å². The molecule has 6 nitrogen and oxygen atoms in total. The second-order valence-corrected chi connectivity index (χ2v) is 6.35. The van der Waals surface area contributed by atoms with E-state index in [4.69, 9.17) is 0 Å². The Balaban J connectivity index is 1.62. The van der Waals surface area contributed by atoms with E-state index < -0.39 is 11.4 Å². The number of fused-ring (bicyclic) bond motifs is 2. The zero-order valence-corrected chi connectivity index (χ0v) is 12.1. The van der Waals surface area contributed by atoms with E-state index in [0.717, 1.165) is 18.5 Å². The van der Waals surface area contributed by atoms with Gasteiger partial charge in [-0.2, -0.15) is 0 Å². The smallest absolute Gasteiger partial charge is 0.311 e. The van der Waals surface area contributed by atoms with Crippen LogP contribution in [0, 0.1) is 11.3 Å². The number of imidazole rings is 1. The molecule has 0 unspecified atom stereocenters. The molecule has 2 aromatic heterocycles. The molecule has 2 atom stereocenters. The predicted molar refractivity (Wildman–Crippen MR) is 78.5 cm³/mol. The first-order valence-electron chi connectivity index (χ1n) is 7.55. The van der Waals surface area contributed by atoms with E-state index in [1.54, 1.807) is 40.0 Å². The molecule has 2 fully saturated rings. The maximum absolute atomic E-state index is 12.7. The van der Waals surface area contributed by atoms with Crippen molar-refractivity contribution in [2.75, 3.05) is 13.1 Å². The normalized spacial score (nSPS) is 27.3. The largest absolute Gasteiger partial charge is 0.481 e. The molecule has 1 aliphatic carbocycles. The number of rotatable bonds is 2. The van der Waals surface area contributed by atoms with E-state index in [0.29, 0.717) is 25.1 Å². The number of nitrogens with zero attached hydrogens (tertiary/aromatic N) is 3. The minimum absolute atomic E-state index is 0.0888. The van der Waals surface area contributed by atoms with Gasteiger partial charge in [0.25, 0.3) is 5.91 Å². The van der Waals surface area contributed by atoms with Crippen LogP contribution in [0.25, 0.3) is 5.65 Å². The fraction of sp³-hybridized carbons (Fsp3) is 0.438. The van der Waals surface area contributed by atoms with E-state index >= 15 is 0 Å². The zero-order chi connectivity index (χ0) is 15.3. The van der Waals surface area contributed by atoms with E-state index in [2.05, 4.69) is 4.98 Å². The summed E-state index contributed by atoms with van der Waals surface area (Å²) in [5.41, 5.74) is 0.636. The van der Waals surface area contributed by atoms with Crippen LogP contribution in [-0.4, -0.2) is 44.4 Å². The van der Waals surface area contributed by atoms with E-state index in [1.165, 1.54) is 0 Å². The highest BCUT2D eigenvalue weighted by molar-refractivity contribution is 5.95. The number of pyridine rings is 1. The van der Waals surface area contributed by atoms with Crippen LogP contribution in [0.2, 0.25) is 0 Å². The van der Waals surface area contributed by atoms with Crippen molar-refractivity contribution in [3.63, 3.8) is 0 Å². The average molecular weight is 299 g/mol. The molecule has 1 N–H and O–H groups in total. The third-order valence-corrected chi connectivity index (χ3v) is 5.22. The average Bonchev–Trinajstić information content (AvgIpc) is 3.18. The van der Waals surface area contributed by atoms with Gasteiger partial charge in [-0.15, -0.1) is 0 Å². The molecule has 1 saturated heterocycles. The lowest BCUT2D eigenvalue weighted by Crippen LogP contribution is -2.37. The van der Waals surface area contributed by atoms with Gasteiger partial charge < -0.3 is 14.4 Å². The van der Waals surface area contributed by atoms with Crippen LogP contribution in [0.15, 0.2) is 30.7 Å². The highest BCUT2D eigenvalue weighted by Crippen LogP contribution is 2.49. The molecule has 6 heteroatoms. The molecule has 0 aromatic carbocycles. The molecule has 2 aromatic rings. The number of hydrogen-bond acceptors (Lipinski definition) is 3. The quantitative estimate of drug-likeness (QED) is 0.915. The summed E-state index contributed by atoms with van der Waals surface area (Å²) in [6, 6.07) is 3.56. The van der Waals surface area contributed by atoms with Gasteiger partial charge in [0.15, 0.2) is 0 Å². The van der Waals surface area contributed by atoms with Gasteiger partial charge in [0.05, 0.1) is 11.0 Å². The van der Waals surface area contributed by atoms with Gasteiger partial charge in [0.1, 0.15) is 5.65 Å². The van der Waals surface area contributed by atoms with Gasteiger partial charge in [-0.3, -0.25) is 9.59 Å². The molecule has 0 radical (unpaired) electrons. The first kappa shape index (κ1) is 13.3. The molecule has 4 rings (SSSR count). The summed E-state index contributed by atoms with van der Waals surface area (Å²) in [6.45, 7) is 0.876. The standard InChI is InChI=1S/C16H17N3O3/c20-14(11-3-4-13-17-6-7-18(13)8-11)19-9-12-2-1-5-16(12,10-19)15(21)22/h3-4,6-8,12H,1-2,5,9-10H2,(H,21,22)/t12-,16+/m0/s1. The minimum Gasteiger partial charge on any atom is -0.481 e. The van der Waals surface area contributed by atoms with Crippen LogP contribution in [0.5, 0.6) is 0 Å². The highest BCUT2D eigenvalue weighted by Gasteiger charge is 2.55. The first-order chi connectivity index (χ1) is 10.6. The summed E-state index contributed by atoms with van der Waals surface area (Å²) in [5, 5.41) is 9.61. The van der Waals surface area contributed by atoms with Gasteiger partial charge >= 0.3 is 5.97 Å². The molecular formula is C16H17N3O3. The lowest BCUT2D eigenvalue weighted by Gasteiger charge is -2.23. The first-order valence-corrected chi connectivity index (χ1v) is 7.55. The van der Waals surface area contributed by atoms with Crippen molar-refractivity contribution in [2.24, 2.45) is 11.3 Å². The van der Waals surface area contributed by atoms with Gasteiger partial charge in [-0.25, -0.2) is 4.98 Å². The van der Waals surface area contributed by atoms with Crippen molar-refractivity contribution < 1.29 is 14.7 Å². The Morgan fingerprint density at radius 2 is 2.23 bits per heavy atom. The Morgan fingerprint density at radius 3 is 3.00 bits per heavy atom. The highest BCUT2D eigenvalue weighted by atomic mass is 16.4. The number of hydrogen-bond donors (Lipinski definition) is 1. The number of carboxylic acids is 1. The van der Waals surface area contributed by atoms with Crippen molar-refractivity contribution in [1.29, 1.82) is 0 Å². The van der Waals surface area contributed by atoms with Crippen LogP contribution < -0.4 is 0 Å². The summed E-state index contributed by atoms with van der Waals surface area (Å²) < 4.78 is 1.80. The second-order valence-electron chi connectivity index (χ2n) is 6.35. The number of carboxylic acid groups (broad SMARTS) is 1. The molecule has 1 amide bonds. The number of amides is 1. The van der Waals surface area contributed by atoms with Crippen molar-refractivity contribution in [3.8, 4) is 0 Å². The molecule has 1 saturated carbocycles. The van der Waals surface area contributed by atoms with Gasteiger partial charge in [0.2, 0.25) is 0 Å². The monoisotopic (exact) mass is 299 g/mol. The van der Waals surface area contributed by atoms with E-state index in [1.807, 2.05) is 0 Å². The van der Waals surface area contributed by atoms with Crippen LogP contribution >= 0.6 is 0 Å². The molecule has 1 aliphatic heterocycles. The molecular weight excluding hydrogens is 282 g/mol. The van der Waals surface area contributed by atoms with Crippen molar-refractivity contribution in [3.05, 3.63) is 36.3 Å². The van der Waals surface area contributed by atoms with Gasteiger partial charge in [-0.05, 0) is 30.9 Å². The maximum atomic E-state index is 12.7. The Kier molecular flexibility index (Phi) is 2.76. The minimum atomic E-state index is -0.754. The Bertz CT molecular complexity index is 769. The lowest BCUT2D eigenvalue weighted by molar-refractivity contribution is -0.149. The van der Waals surface area contributed by atoms with Gasteiger partial charge in [0, 0.05) is 31.7 Å². The van der Waals surface area contributed by atoms with Gasteiger partial charge in [-0.1, -0.05) is 6.42 Å². The maximum Gasteiger partial charge on any atom is 0.311 e. The fourth-order valence-corrected chi connectivity index (χ4v) is 4.02. The number of aliphatic carboxylic acids is 1. The molecule has 114 valence electrons. The summed E-state index contributed by atoms with van der Waals surface area (Å²) in [7, 11) is 0. The summed E-state index contributed by atoms with van der Waals surface area (Å²) in [6.07, 6.45) is 7.76. The summed E-state index contributed by atoms with van der Waals surface area (Å²) >= 11 is 0. The van der Waals surface area contributed by atoms with Crippen LogP contribution in [0.3, 0.4) is 0 Å². The Labute approximate surface area is 127 Å². The molecule has 2 aliphatic rings. The van der Waals surface area contributed by atoms with Crippen LogP contribution in [0.4, 0.5) is 0 Å². The Morgan fingerprint density at radius 1 is 1.36 bits per heavy atom. The molecule has 0 bridgehead atoms. The van der Waals surface area contributed by atoms with Crippen LogP contribution in [0.1, 0.15) is 29.6 Å². The topological polar surface area (TPSA) is 74.9 Å². The Hall–Kier alpha value is -2.37. The van der Waals surface area contributed by atoms with Crippen molar-refractivity contribution in [1.82, 2.24) is 14.3 Å². The van der Waals surface area contributed by atoms with E-state index in [-0.39, 0.29) is 11.8 Å². The summed E-state index contributed by atoms with van der Waals surface area (Å²) in [4.78, 5) is 30.3. The summed E-state index contributed by atoms with van der Waals surface area (Å²) in [5.74, 6) is -0.757. The zero-order valence-electron chi connectivity index (χ0n) is 12.1. The van der Waals surface area contributed by atoms with E-state index in [9.17, 15) is 14.7 Å². The molecule has 3 heterocycles. The predicted octanol–water partition coefficient (Wildman–Crippen LogP) is 1.66. The third kappa shape index (κ3) is 1.76. The number of aromatic nitrogens is 2.